The number of hydrogen-bond donors (Lipinski definition) is 3. The fourth-order valence-electron chi connectivity index (χ4n) is 2.40. The van der Waals surface area contributed by atoms with E-state index in [1.54, 1.807) is 12.1 Å². The first-order valence-electron chi connectivity index (χ1n) is 7.08. The molecule has 8 nitrogen and oxygen atoms in total. The van der Waals surface area contributed by atoms with Gasteiger partial charge in [-0.2, -0.15) is 13.7 Å². The Bertz CT molecular complexity index is 1120. The van der Waals surface area contributed by atoms with Crippen molar-refractivity contribution in [2.45, 2.75) is 11.3 Å². The van der Waals surface area contributed by atoms with E-state index in [-0.39, 0.29) is 10.0 Å². The smallest absolute Gasteiger partial charge is 0.289 e. The van der Waals surface area contributed by atoms with E-state index in [0.717, 1.165) is 16.9 Å². The third-order valence-corrected chi connectivity index (χ3v) is 6.20. The summed E-state index contributed by atoms with van der Waals surface area (Å²) in [6.07, 6.45) is 1.53. The topological polar surface area (TPSA) is 128 Å². The molecular weight excluding hydrogens is 362 g/mol. The molecule has 10 heteroatoms. The number of nitriles is 1. The van der Waals surface area contributed by atoms with Crippen LogP contribution < -0.4 is 10.0 Å². The third kappa shape index (κ3) is 2.95. The van der Waals surface area contributed by atoms with Crippen LogP contribution in [-0.4, -0.2) is 31.3 Å². The van der Waals surface area contributed by atoms with Crippen molar-refractivity contribution in [1.29, 1.82) is 5.26 Å². The maximum Gasteiger partial charge on any atom is 0.289 e. The highest BCUT2D eigenvalue weighted by Gasteiger charge is 2.22. The summed E-state index contributed by atoms with van der Waals surface area (Å²) in [5.74, 6) is -0.460. The van der Waals surface area contributed by atoms with Crippen LogP contribution in [0, 0.1) is 18.3 Å². The molecule has 0 fully saturated rings. The van der Waals surface area contributed by atoms with E-state index < -0.39 is 15.9 Å². The molecule has 2 heterocycles. The predicted molar refractivity (Wildman–Crippen MR) is 94.1 cm³/mol. The average Bonchev–Trinajstić information content (AvgIpc) is 3.24. The van der Waals surface area contributed by atoms with Gasteiger partial charge in [-0.15, -0.1) is 11.3 Å². The second-order valence-corrected chi connectivity index (χ2v) is 7.89. The molecule has 0 atom stereocenters. The Balaban J connectivity index is 2.02. The van der Waals surface area contributed by atoms with E-state index in [0.29, 0.717) is 22.2 Å². The Labute approximate surface area is 147 Å². The number of thiazole rings is 1. The van der Waals surface area contributed by atoms with E-state index >= 15 is 0 Å². The first-order valence-corrected chi connectivity index (χ1v) is 9.45. The van der Waals surface area contributed by atoms with Gasteiger partial charge in [0.15, 0.2) is 0 Å². The van der Waals surface area contributed by atoms with Gasteiger partial charge < -0.3 is 10.3 Å². The lowest BCUT2D eigenvalue weighted by Crippen LogP contribution is -2.19. The Morgan fingerprint density at radius 1 is 1.40 bits per heavy atom. The molecular formula is C15H13N5O3S2. The number of carbonyl (C=O) groups is 1. The quantitative estimate of drug-likeness (QED) is 0.642. The molecule has 3 N–H and O–H groups in total. The minimum absolute atomic E-state index is 0.0357. The number of amides is 1. The number of nitrogens with one attached hydrogen (secondary N) is 3. The Morgan fingerprint density at radius 3 is 2.84 bits per heavy atom. The van der Waals surface area contributed by atoms with Crippen molar-refractivity contribution in [3.63, 3.8) is 0 Å². The van der Waals surface area contributed by atoms with Crippen molar-refractivity contribution in [3.8, 4) is 6.07 Å². The highest BCUT2D eigenvalue weighted by Crippen LogP contribution is 2.30. The first-order chi connectivity index (χ1) is 11.9. The molecule has 0 radical (unpaired) electrons. The van der Waals surface area contributed by atoms with Crippen LogP contribution in [-0.2, 0) is 10.0 Å². The number of aromatic nitrogens is 2. The molecule has 1 amide bonds. The molecule has 0 unspecified atom stereocenters. The van der Waals surface area contributed by atoms with Gasteiger partial charge in [-0.05, 0) is 18.6 Å². The van der Waals surface area contributed by atoms with Crippen LogP contribution >= 0.6 is 11.3 Å². The summed E-state index contributed by atoms with van der Waals surface area (Å²) in [5.41, 5.74) is 2.15. The van der Waals surface area contributed by atoms with Gasteiger partial charge >= 0.3 is 0 Å². The van der Waals surface area contributed by atoms with Crippen molar-refractivity contribution in [1.82, 2.24) is 15.3 Å². The molecule has 0 spiro atoms. The minimum atomic E-state index is -3.96. The van der Waals surface area contributed by atoms with Crippen LogP contribution in [0.5, 0.6) is 0 Å². The summed E-state index contributed by atoms with van der Waals surface area (Å²) in [6, 6.07) is 5.41. The van der Waals surface area contributed by atoms with E-state index in [2.05, 4.69) is 26.1 Å². The van der Waals surface area contributed by atoms with E-state index in [9.17, 15) is 18.5 Å². The molecule has 0 saturated carbocycles. The number of rotatable bonds is 4. The standard InChI is InChI=1S/C15H13N5O3S2/c1-8-3-4-10(13-12(8)9(5-16)6-18-13)20-25(22,23)15-19-11(7-24-15)14(21)17-2/h3-4,6-7,18,20H,1-2H3,(H,17,21). The van der Waals surface area contributed by atoms with Gasteiger partial charge in [0.25, 0.3) is 15.9 Å². The van der Waals surface area contributed by atoms with Crippen molar-refractivity contribution < 1.29 is 13.2 Å². The molecule has 25 heavy (non-hydrogen) atoms. The van der Waals surface area contributed by atoms with Gasteiger partial charge in [0, 0.05) is 24.0 Å². The Morgan fingerprint density at radius 2 is 2.16 bits per heavy atom. The molecule has 0 aliphatic carbocycles. The lowest BCUT2D eigenvalue weighted by atomic mass is 10.1. The molecule has 0 aliphatic rings. The second kappa shape index (κ2) is 6.19. The monoisotopic (exact) mass is 375 g/mol. The van der Waals surface area contributed by atoms with Crippen LogP contribution in [0.25, 0.3) is 10.9 Å². The van der Waals surface area contributed by atoms with Crippen LogP contribution in [0.2, 0.25) is 0 Å². The van der Waals surface area contributed by atoms with Gasteiger partial charge in [0.05, 0.1) is 16.8 Å². The molecule has 3 aromatic rings. The highest BCUT2D eigenvalue weighted by molar-refractivity contribution is 7.94. The van der Waals surface area contributed by atoms with Crippen molar-refractivity contribution >= 4 is 43.9 Å². The van der Waals surface area contributed by atoms with Gasteiger partial charge in [-0.1, -0.05) is 6.07 Å². The maximum absolute atomic E-state index is 12.6. The number of nitrogens with zero attached hydrogens (tertiary/aromatic N) is 2. The molecule has 0 bridgehead atoms. The van der Waals surface area contributed by atoms with E-state index in [4.69, 9.17) is 0 Å². The summed E-state index contributed by atoms with van der Waals surface area (Å²) in [4.78, 5) is 18.3. The van der Waals surface area contributed by atoms with Gasteiger partial charge in [-0.3, -0.25) is 9.52 Å². The Kier molecular flexibility index (Phi) is 4.20. The lowest BCUT2D eigenvalue weighted by molar-refractivity contribution is 0.0958. The minimum Gasteiger partial charge on any atom is -0.358 e. The first kappa shape index (κ1) is 16.9. The van der Waals surface area contributed by atoms with Crippen LogP contribution in [0.3, 0.4) is 0 Å². The zero-order valence-corrected chi connectivity index (χ0v) is 14.9. The molecule has 0 saturated heterocycles. The normalized spacial score (nSPS) is 11.2. The Hall–Kier alpha value is -2.90. The van der Waals surface area contributed by atoms with Gasteiger partial charge in [0.1, 0.15) is 11.8 Å². The average molecular weight is 375 g/mol. The SMILES string of the molecule is CNC(=O)c1csc(S(=O)(=O)Nc2ccc(C)c3c(C#N)c[nH]c23)n1. The number of sulfonamides is 1. The third-order valence-electron chi connectivity index (χ3n) is 3.58. The number of fused-ring (bicyclic) bond motifs is 1. The summed E-state index contributed by atoms with van der Waals surface area (Å²) in [7, 11) is -2.52. The van der Waals surface area contributed by atoms with E-state index in [1.165, 1.54) is 18.6 Å². The van der Waals surface area contributed by atoms with Crippen molar-refractivity contribution in [3.05, 3.63) is 40.5 Å². The molecule has 1 aromatic carbocycles. The highest BCUT2D eigenvalue weighted by atomic mass is 32.2. The lowest BCUT2D eigenvalue weighted by Gasteiger charge is -2.08. The molecule has 2 aromatic heterocycles. The van der Waals surface area contributed by atoms with Crippen molar-refractivity contribution in [2.24, 2.45) is 0 Å². The molecule has 0 aliphatic heterocycles. The number of benzene rings is 1. The van der Waals surface area contributed by atoms with Gasteiger partial charge in [0.2, 0.25) is 4.34 Å². The number of hydrogen-bond acceptors (Lipinski definition) is 6. The fraction of sp³-hybridized carbons (Fsp3) is 0.133. The summed E-state index contributed by atoms with van der Waals surface area (Å²) >= 11 is 0.853. The predicted octanol–water partition coefficient (Wildman–Crippen LogP) is 1.96. The van der Waals surface area contributed by atoms with E-state index in [1.807, 2.05) is 6.92 Å². The maximum atomic E-state index is 12.6. The number of H-pyrrole nitrogens is 1. The zero-order valence-electron chi connectivity index (χ0n) is 13.2. The van der Waals surface area contributed by atoms with Crippen LogP contribution in [0.4, 0.5) is 5.69 Å². The number of aromatic amines is 1. The summed E-state index contributed by atoms with van der Waals surface area (Å²) in [5, 5.41) is 13.6. The molecule has 3 rings (SSSR count). The number of anilines is 1. The summed E-state index contributed by atoms with van der Waals surface area (Å²) < 4.78 is 27.4. The largest absolute Gasteiger partial charge is 0.358 e. The number of carbonyl (C=O) groups excluding carboxylic acids is 1. The fourth-order valence-corrected chi connectivity index (χ4v) is 4.46. The molecule has 128 valence electrons. The summed E-state index contributed by atoms with van der Waals surface area (Å²) in [6.45, 7) is 1.84. The van der Waals surface area contributed by atoms with Crippen molar-refractivity contribution in [2.75, 3.05) is 11.8 Å². The van der Waals surface area contributed by atoms with Crippen LogP contribution in [0.1, 0.15) is 21.6 Å². The zero-order chi connectivity index (χ0) is 18.2. The second-order valence-electron chi connectivity index (χ2n) is 5.18. The number of aryl methyl sites for hydroxylation is 1. The van der Waals surface area contributed by atoms with Gasteiger partial charge in [-0.25, -0.2) is 4.98 Å². The van der Waals surface area contributed by atoms with Crippen LogP contribution in [0.15, 0.2) is 28.0 Å².